The quantitative estimate of drug-likeness (QED) is 0.177. The van der Waals surface area contributed by atoms with Crippen LogP contribution in [0.4, 0.5) is 0 Å². The second-order valence-electron chi connectivity index (χ2n) is 11.5. The molecule has 45 heavy (non-hydrogen) atoms. The molecule has 0 radical (unpaired) electrons. The molecule has 1 aromatic carbocycles. The fourth-order valence-corrected chi connectivity index (χ4v) is 8.43. The largest absolute Gasteiger partial charge is 0.408 e. The van der Waals surface area contributed by atoms with Crippen molar-refractivity contribution in [2.75, 3.05) is 26.3 Å². The molecule has 2 aliphatic heterocycles. The van der Waals surface area contributed by atoms with Crippen molar-refractivity contribution >= 4 is 19.4 Å². The van der Waals surface area contributed by atoms with Crippen LogP contribution in [-0.4, -0.2) is 69.1 Å². The third-order valence-electron chi connectivity index (χ3n) is 8.69. The molecule has 4 heterocycles. The standard InChI is InChI=1S/C33H35N6O5P/c1-3-43-45(42,44-4-2)38-21-27-28(22-38)31(27)39-30(17-29(40)26-7-5-25(20-34)6-8-26)37-33(32(39)41,18-23-9-13-35-14-10-23)19-24-11-15-36-16-12-24/h5-17,27-28,31,37H,3-4,18-19,21-22H2,1-2H3/b30-17+. The lowest BCUT2D eigenvalue weighted by molar-refractivity contribution is -0.132. The van der Waals surface area contributed by atoms with Gasteiger partial charge in [-0.2, -0.15) is 5.26 Å². The van der Waals surface area contributed by atoms with Gasteiger partial charge in [-0.1, -0.05) is 0 Å². The summed E-state index contributed by atoms with van der Waals surface area (Å²) < 4.78 is 26.4. The zero-order valence-corrected chi connectivity index (χ0v) is 26.1. The summed E-state index contributed by atoms with van der Waals surface area (Å²) in [5.74, 6) is 0.0973. The molecule has 3 fully saturated rings. The first-order valence-electron chi connectivity index (χ1n) is 15.1. The topological polar surface area (TPSA) is 138 Å². The van der Waals surface area contributed by atoms with Gasteiger partial charge in [0.25, 0.3) is 5.91 Å². The molecule has 6 rings (SSSR count). The van der Waals surface area contributed by atoms with E-state index in [-0.39, 0.29) is 42.8 Å². The number of allylic oxidation sites excluding steroid dienone is 1. The molecule has 1 aliphatic carbocycles. The van der Waals surface area contributed by atoms with Gasteiger partial charge in [-0.3, -0.25) is 33.5 Å². The number of carbonyl (C=O) groups excluding carboxylic acids is 2. The van der Waals surface area contributed by atoms with Crippen molar-refractivity contribution in [1.29, 1.82) is 5.26 Å². The highest BCUT2D eigenvalue weighted by atomic mass is 31.2. The fraction of sp³-hybridized carbons (Fsp3) is 0.364. The van der Waals surface area contributed by atoms with Crippen LogP contribution < -0.4 is 5.32 Å². The van der Waals surface area contributed by atoms with Crippen molar-refractivity contribution in [3.8, 4) is 6.07 Å². The zero-order chi connectivity index (χ0) is 31.6. The summed E-state index contributed by atoms with van der Waals surface area (Å²) in [4.78, 5) is 38.4. The van der Waals surface area contributed by atoms with Crippen LogP contribution in [-0.2, 0) is 31.2 Å². The zero-order valence-electron chi connectivity index (χ0n) is 25.2. The second-order valence-corrected chi connectivity index (χ2v) is 13.5. The first-order chi connectivity index (χ1) is 21.8. The lowest BCUT2D eigenvalue weighted by Gasteiger charge is -2.30. The van der Waals surface area contributed by atoms with Crippen LogP contribution in [0.3, 0.4) is 0 Å². The minimum Gasteiger partial charge on any atom is -0.357 e. The van der Waals surface area contributed by atoms with Crippen molar-refractivity contribution in [2.45, 2.75) is 38.3 Å². The van der Waals surface area contributed by atoms with Crippen LogP contribution in [0.1, 0.15) is 40.9 Å². The van der Waals surface area contributed by atoms with Crippen molar-refractivity contribution < 1.29 is 23.2 Å². The van der Waals surface area contributed by atoms with Gasteiger partial charge >= 0.3 is 7.75 Å². The number of fused-ring (bicyclic) bond motifs is 1. The Morgan fingerprint density at radius 2 is 1.51 bits per heavy atom. The van der Waals surface area contributed by atoms with E-state index in [0.29, 0.717) is 42.9 Å². The van der Waals surface area contributed by atoms with E-state index in [1.54, 1.807) is 72.5 Å². The van der Waals surface area contributed by atoms with Crippen molar-refractivity contribution in [3.05, 3.63) is 107 Å². The van der Waals surface area contributed by atoms with E-state index in [1.807, 2.05) is 24.3 Å². The molecule has 1 N–H and O–H groups in total. The summed E-state index contributed by atoms with van der Waals surface area (Å²) in [6.07, 6.45) is 9.03. The summed E-state index contributed by atoms with van der Waals surface area (Å²) in [7, 11) is -3.44. The predicted molar refractivity (Wildman–Crippen MR) is 165 cm³/mol. The van der Waals surface area contributed by atoms with E-state index < -0.39 is 13.3 Å². The molecule has 3 aliphatic rings. The Kier molecular flexibility index (Phi) is 8.67. The number of rotatable bonds is 12. The molecule has 0 bridgehead atoms. The van der Waals surface area contributed by atoms with Crippen molar-refractivity contribution in [3.63, 3.8) is 0 Å². The van der Waals surface area contributed by atoms with Gasteiger partial charge in [-0.05, 0) is 85.3 Å². The average Bonchev–Trinajstić information content (AvgIpc) is 3.37. The number of benzene rings is 1. The van der Waals surface area contributed by atoms with Gasteiger partial charge in [0.05, 0.1) is 24.8 Å². The van der Waals surface area contributed by atoms with Gasteiger partial charge in [0.15, 0.2) is 5.78 Å². The minimum absolute atomic E-state index is 0.0380. The number of nitriles is 1. The Labute approximate surface area is 262 Å². The number of hydrogen-bond acceptors (Lipinski definition) is 9. The normalized spacial score (nSPS) is 23.0. The van der Waals surface area contributed by atoms with E-state index >= 15 is 0 Å². The van der Waals surface area contributed by atoms with Crippen LogP contribution >= 0.6 is 7.75 Å². The summed E-state index contributed by atoms with van der Waals surface area (Å²) >= 11 is 0. The molecule has 12 heteroatoms. The third kappa shape index (κ3) is 6.07. The van der Waals surface area contributed by atoms with E-state index in [1.165, 1.54) is 6.08 Å². The number of carbonyl (C=O) groups is 2. The molecule has 1 amide bonds. The number of hydrogen-bond donors (Lipinski definition) is 1. The number of amides is 1. The van der Waals surface area contributed by atoms with Gasteiger partial charge in [0, 0.05) is 68.4 Å². The Hall–Kier alpha value is -4.20. The van der Waals surface area contributed by atoms with Crippen LogP contribution in [0.5, 0.6) is 0 Å². The average molecular weight is 627 g/mol. The highest BCUT2D eigenvalue weighted by Gasteiger charge is 2.66. The van der Waals surface area contributed by atoms with E-state index in [9.17, 15) is 19.4 Å². The summed E-state index contributed by atoms with van der Waals surface area (Å²) in [5.41, 5.74) is 1.64. The molecule has 3 aromatic rings. The summed E-state index contributed by atoms with van der Waals surface area (Å²) in [6.45, 7) is 5.00. The highest BCUT2D eigenvalue weighted by molar-refractivity contribution is 7.51. The third-order valence-corrected chi connectivity index (χ3v) is 10.9. The van der Waals surface area contributed by atoms with Crippen LogP contribution in [0.2, 0.25) is 0 Å². The number of pyridine rings is 2. The smallest absolute Gasteiger partial charge is 0.357 e. The van der Waals surface area contributed by atoms with Gasteiger partial charge in [-0.25, -0.2) is 9.24 Å². The predicted octanol–water partition coefficient (Wildman–Crippen LogP) is 4.14. The first kappa shape index (κ1) is 30.8. The molecule has 232 valence electrons. The molecular formula is C33H35N6O5P. The molecule has 2 atom stereocenters. The van der Waals surface area contributed by atoms with Gasteiger partial charge in [-0.15, -0.1) is 0 Å². The lowest BCUT2D eigenvalue weighted by atomic mass is 9.85. The molecule has 1 saturated carbocycles. The molecule has 2 saturated heterocycles. The van der Waals surface area contributed by atoms with E-state index in [0.717, 1.165) is 11.1 Å². The highest BCUT2D eigenvalue weighted by Crippen LogP contribution is 2.61. The maximum Gasteiger partial charge on any atom is 0.408 e. The van der Waals surface area contributed by atoms with Crippen LogP contribution in [0.15, 0.2) is 85.2 Å². The monoisotopic (exact) mass is 626 g/mol. The maximum absolute atomic E-state index is 14.8. The minimum atomic E-state index is -3.44. The molecular weight excluding hydrogens is 591 g/mol. The number of nitrogens with zero attached hydrogens (tertiary/aromatic N) is 5. The Morgan fingerprint density at radius 1 is 0.978 bits per heavy atom. The van der Waals surface area contributed by atoms with Crippen molar-refractivity contribution in [2.24, 2.45) is 11.8 Å². The second kappa shape index (κ2) is 12.7. The van der Waals surface area contributed by atoms with Gasteiger partial charge in [0.2, 0.25) is 0 Å². The number of aromatic nitrogens is 2. The maximum atomic E-state index is 14.8. The number of piperidine rings is 1. The van der Waals surface area contributed by atoms with E-state index in [2.05, 4.69) is 21.4 Å². The Bertz CT molecular complexity index is 1610. The van der Waals surface area contributed by atoms with Gasteiger partial charge in [0.1, 0.15) is 11.4 Å². The lowest BCUT2D eigenvalue weighted by Crippen LogP contribution is -2.51. The van der Waals surface area contributed by atoms with Crippen LogP contribution in [0.25, 0.3) is 0 Å². The summed E-state index contributed by atoms with van der Waals surface area (Å²) in [6, 6.07) is 15.9. The number of nitrogens with one attached hydrogen (secondary N) is 1. The van der Waals surface area contributed by atoms with E-state index in [4.69, 9.17) is 9.05 Å². The Balaban J connectivity index is 1.36. The molecule has 11 nitrogen and oxygen atoms in total. The Morgan fingerprint density at radius 3 is 2.00 bits per heavy atom. The molecule has 0 spiro atoms. The summed E-state index contributed by atoms with van der Waals surface area (Å²) in [5, 5.41) is 12.7. The van der Waals surface area contributed by atoms with Crippen molar-refractivity contribution in [1.82, 2.24) is 24.9 Å². The first-order valence-corrected chi connectivity index (χ1v) is 16.6. The number of ketones is 1. The SMILES string of the molecule is CCOP(=O)(OCC)N1CC2C(C1)C2N1C(=O)C(Cc2ccncc2)(Cc2ccncc2)N/C1=C\C(=O)c1ccc(C#N)cc1. The van der Waals surface area contributed by atoms with Crippen LogP contribution in [0, 0.1) is 23.2 Å². The fourth-order valence-electron chi connectivity index (χ4n) is 6.60. The molecule has 2 unspecified atom stereocenters. The van der Waals surface area contributed by atoms with Gasteiger partial charge < -0.3 is 5.32 Å². The molecule has 2 aromatic heterocycles.